The van der Waals surface area contributed by atoms with Gasteiger partial charge in [0, 0.05) is 29.0 Å². The molecule has 0 aliphatic heterocycles. The van der Waals surface area contributed by atoms with Gasteiger partial charge in [0.05, 0.1) is 7.11 Å². The van der Waals surface area contributed by atoms with E-state index in [1.165, 1.54) is 5.56 Å². The lowest BCUT2D eigenvalue weighted by atomic mass is 10.2. The van der Waals surface area contributed by atoms with Gasteiger partial charge in [-0.2, -0.15) is 0 Å². The van der Waals surface area contributed by atoms with E-state index >= 15 is 0 Å². The van der Waals surface area contributed by atoms with Crippen LogP contribution in [0, 0.1) is 0 Å². The highest BCUT2D eigenvalue weighted by Crippen LogP contribution is 2.22. The maximum absolute atomic E-state index is 5.19. The van der Waals surface area contributed by atoms with Gasteiger partial charge in [-0.1, -0.05) is 28.1 Å². The monoisotopic (exact) mass is 342 g/mol. The second-order valence-electron chi connectivity index (χ2n) is 4.74. The predicted octanol–water partition coefficient (Wildman–Crippen LogP) is 4.37. The highest BCUT2D eigenvalue weighted by atomic mass is 79.9. The van der Waals surface area contributed by atoms with Crippen molar-refractivity contribution >= 4 is 15.9 Å². The van der Waals surface area contributed by atoms with E-state index in [-0.39, 0.29) is 0 Å². The smallest absolute Gasteiger partial charge is 0.140 e. The molecule has 1 heterocycles. The Morgan fingerprint density at radius 2 is 1.95 bits per heavy atom. The number of benzene rings is 2. The van der Waals surface area contributed by atoms with E-state index in [9.17, 15) is 0 Å². The van der Waals surface area contributed by atoms with Crippen molar-refractivity contribution in [3.8, 4) is 17.1 Å². The van der Waals surface area contributed by atoms with Crippen molar-refractivity contribution in [2.45, 2.75) is 6.54 Å². The average Bonchev–Trinajstić information content (AvgIpc) is 2.95. The molecule has 0 unspecified atom stereocenters. The first-order valence-electron chi connectivity index (χ1n) is 6.66. The molecule has 1 aromatic heterocycles. The number of ether oxygens (including phenoxy) is 1. The van der Waals surface area contributed by atoms with E-state index in [1.807, 2.05) is 48.8 Å². The molecule has 0 bridgehead atoms. The lowest BCUT2D eigenvalue weighted by Crippen LogP contribution is -2.01. The van der Waals surface area contributed by atoms with Crippen molar-refractivity contribution in [1.29, 1.82) is 0 Å². The summed E-state index contributed by atoms with van der Waals surface area (Å²) in [5.41, 5.74) is 2.31. The number of imidazole rings is 1. The highest BCUT2D eigenvalue weighted by molar-refractivity contribution is 9.10. The Bertz CT molecular complexity index is 735. The van der Waals surface area contributed by atoms with Crippen LogP contribution in [0.3, 0.4) is 0 Å². The van der Waals surface area contributed by atoms with Gasteiger partial charge in [-0.15, -0.1) is 0 Å². The maximum atomic E-state index is 5.19. The number of hydrogen-bond donors (Lipinski definition) is 0. The molecular weight excluding hydrogens is 328 g/mol. The van der Waals surface area contributed by atoms with Gasteiger partial charge in [-0.3, -0.25) is 0 Å². The van der Waals surface area contributed by atoms with Crippen LogP contribution >= 0.6 is 15.9 Å². The topological polar surface area (TPSA) is 27.1 Å². The van der Waals surface area contributed by atoms with Crippen LogP contribution in [0.25, 0.3) is 11.4 Å². The fourth-order valence-corrected chi connectivity index (χ4v) is 2.72. The van der Waals surface area contributed by atoms with E-state index in [1.54, 1.807) is 7.11 Å². The van der Waals surface area contributed by atoms with Gasteiger partial charge in [-0.25, -0.2) is 4.98 Å². The first-order valence-corrected chi connectivity index (χ1v) is 7.45. The molecule has 0 radical (unpaired) electrons. The van der Waals surface area contributed by atoms with Gasteiger partial charge >= 0.3 is 0 Å². The summed E-state index contributed by atoms with van der Waals surface area (Å²) in [5, 5.41) is 0. The molecule has 3 aromatic rings. The third-order valence-electron chi connectivity index (χ3n) is 3.31. The van der Waals surface area contributed by atoms with Crippen molar-refractivity contribution in [2.75, 3.05) is 7.11 Å². The normalized spacial score (nSPS) is 10.6. The van der Waals surface area contributed by atoms with Crippen LogP contribution in [-0.2, 0) is 6.54 Å². The van der Waals surface area contributed by atoms with Crippen LogP contribution in [0.2, 0.25) is 0 Å². The first kappa shape index (κ1) is 13.9. The molecule has 0 aliphatic rings. The predicted molar refractivity (Wildman–Crippen MR) is 87.5 cm³/mol. The molecule has 0 saturated heterocycles. The van der Waals surface area contributed by atoms with Crippen LogP contribution in [0.1, 0.15) is 5.56 Å². The minimum Gasteiger partial charge on any atom is -0.497 e. The second kappa shape index (κ2) is 6.14. The van der Waals surface area contributed by atoms with Crippen LogP contribution in [-0.4, -0.2) is 16.7 Å². The minimum atomic E-state index is 0.792. The summed E-state index contributed by atoms with van der Waals surface area (Å²) in [6.07, 6.45) is 3.83. The summed E-state index contributed by atoms with van der Waals surface area (Å²) in [4.78, 5) is 4.47. The minimum absolute atomic E-state index is 0.792. The number of methoxy groups -OCH3 is 1. The quantitative estimate of drug-likeness (QED) is 0.703. The third-order valence-corrected chi connectivity index (χ3v) is 3.80. The zero-order valence-electron chi connectivity index (χ0n) is 11.7. The molecule has 3 nitrogen and oxygen atoms in total. The number of rotatable bonds is 4. The molecule has 2 aromatic carbocycles. The number of nitrogens with zero attached hydrogens (tertiary/aromatic N) is 2. The van der Waals surface area contributed by atoms with E-state index in [0.717, 1.165) is 28.2 Å². The molecule has 3 rings (SSSR count). The van der Waals surface area contributed by atoms with Crippen LogP contribution in [0.4, 0.5) is 0 Å². The standard InChI is InChI=1S/C17H15BrN2O/c1-21-16-7-5-14(6-8-16)17-19-9-10-20(17)12-13-3-2-4-15(18)11-13/h2-11H,12H2,1H3. The third kappa shape index (κ3) is 3.16. The Balaban J connectivity index is 1.89. The van der Waals surface area contributed by atoms with Crippen molar-refractivity contribution in [1.82, 2.24) is 9.55 Å². The van der Waals surface area contributed by atoms with Crippen LogP contribution < -0.4 is 4.74 Å². The highest BCUT2D eigenvalue weighted by Gasteiger charge is 2.07. The fourth-order valence-electron chi connectivity index (χ4n) is 2.27. The fraction of sp³-hybridized carbons (Fsp3) is 0.118. The maximum Gasteiger partial charge on any atom is 0.140 e. The number of halogens is 1. The van der Waals surface area contributed by atoms with Gasteiger partial charge in [0.1, 0.15) is 11.6 Å². The first-order chi connectivity index (χ1) is 10.3. The van der Waals surface area contributed by atoms with Gasteiger partial charge in [-0.05, 0) is 42.0 Å². The Morgan fingerprint density at radius 3 is 2.67 bits per heavy atom. The summed E-state index contributed by atoms with van der Waals surface area (Å²) in [7, 11) is 1.67. The molecule has 0 amide bonds. The van der Waals surface area contributed by atoms with E-state index in [0.29, 0.717) is 0 Å². The molecule has 0 saturated carbocycles. The second-order valence-corrected chi connectivity index (χ2v) is 5.65. The lowest BCUT2D eigenvalue weighted by molar-refractivity contribution is 0.415. The van der Waals surface area contributed by atoms with Crippen molar-refractivity contribution < 1.29 is 4.74 Å². The van der Waals surface area contributed by atoms with E-state index < -0.39 is 0 Å². The molecule has 0 fully saturated rings. The van der Waals surface area contributed by atoms with Gasteiger partial charge < -0.3 is 9.30 Å². The Kier molecular flexibility index (Phi) is 4.06. The van der Waals surface area contributed by atoms with Gasteiger partial charge in [0.15, 0.2) is 0 Å². The molecule has 4 heteroatoms. The van der Waals surface area contributed by atoms with E-state index in [2.05, 4.69) is 37.6 Å². The Hall–Kier alpha value is -2.07. The number of aromatic nitrogens is 2. The zero-order chi connectivity index (χ0) is 14.7. The summed E-state index contributed by atoms with van der Waals surface area (Å²) in [6.45, 7) is 0.792. The SMILES string of the molecule is COc1ccc(-c2nccn2Cc2cccc(Br)c2)cc1. The lowest BCUT2D eigenvalue weighted by Gasteiger charge is -2.09. The average molecular weight is 343 g/mol. The Labute approximate surface area is 132 Å². The number of hydrogen-bond acceptors (Lipinski definition) is 2. The zero-order valence-corrected chi connectivity index (χ0v) is 13.2. The Morgan fingerprint density at radius 1 is 1.14 bits per heavy atom. The van der Waals surface area contributed by atoms with Gasteiger partial charge in [0.2, 0.25) is 0 Å². The molecule has 0 N–H and O–H groups in total. The van der Waals surface area contributed by atoms with Crippen LogP contribution in [0.5, 0.6) is 5.75 Å². The molecule has 0 atom stereocenters. The molecule has 21 heavy (non-hydrogen) atoms. The van der Waals surface area contributed by atoms with E-state index in [4.69, 9.17) is 4.74 Å². The summed E-state index contributed by atoms with van der Waals surface area (Å²) < 4.78 is 8.42. The summed E-state index contributed by atoms with van der Waals surface area (Å²) in [5.74, 6) is 1.81. The molecular formula is C17H15BrN2O. The van der Waals surface area contributed by atoms with Crippen molar-refractivity contribution in [3.63, 3.8) is 0 Å². The molecule has 0 aliphatic carbocycles. The van der Waals surface area contributed by atoms with Crippen LogP contribution in [0.15, 0.2) is 65.4 Å². The van der Waals surface area contributed by atoms with Gasteiger partial charge in [0.25, 0.3) is 0 Å². The largest absolute Gasteiger partial charge is 0.497 e. The van der Waals surface area contributed by atoms with Crippen molar-refractivity contribution in [3.05, 3.63) is 71.0 Å². The van der Waals surface area contributed by atoms with Crippen molar-refractivity contribution in [2.24, 2.45) is 0 Å². The molecule has 0 spiro atoms. The molecule has 106 valence electrons. The summed E-state index contributed by atoms with van der Waals surface area (Å²) >= 11 is 3.51. The summed E-state index contributed by atoms with van der Waals surface area (Å²) in [6, 6.07) is 16.3.